The van der Waals surface area contributed by atoms with Gasteiger partial charge in [0.15, 0.2) is 0 Å². The number of pyridine rings is 1. The molecule has 0 spiro atoms. The number of alkyl halides is 3. The maximum Gasteiger partial charge on any atom is 0.418 e. The smallest absolute Gasteiger partial charge is 0.418 e. The van der Waals surface area contributed by atoms with Crippen molar-refractivity contribution in [3.63, 3.8) is 0 Å². The van der Waals surface area contributed by atoms with E-state index >= 15 is 0 Å². The molecule has 2 N–H and O–H groups in total. The second-order valence-electron chi connectivity index (χ2n) is 14.7. The van der Waals surface area contributed by atoms with Gasteiger partial charge in [-0.15, -0.1) is 0 Å². The number of carbonyl (C=O) groups is 3. The molecule has 0 bridgehead atoms. The lowest BCUT2D eigenvalue weighted by Gasteiger charge is -2.38. The molecule has 6 rings (SSSR count). The maximum absolute atomic E-state index is 14.2. The normalized spacial score (nSPS) is 18.7. The van der Waals surface area contributed by atoms with Gasteiger partial charge in [-0.1, -0.05) is 0 Å². The molecule has 12 nitrogen and oxygen atoms in total. The van der Waals surface area contributed by atoms with Crippen LogP contribution in [0.25, 0.3) is 11.1 Å². The van der Waals surface area contributed by atoms with Crippen molar-refractivity contribution >= 4 is 29.1 Å². The molecule has 3 fully saturated rings. The zero-order chi connectivity index (χ0) is 39.6. The molecular formula is C40H49F3N6O6. The lowest BCUT2D eigenvalue weighted by molar-refractivity contribution is -0.137. The number of carbonyl (C=O) groups excluding carboxylic acids is 3. The molecule has 3 amide bonds. The summed E-state index contributed by atoms with van der Waals surface area (Å²) in [4.78, 5) is 55.3. The predicted molar refractivity (Wildman–Crippen MR) is 202 cm³/mol. The van der Waals surface area contributed by atoms with Crippen molar-refractivity contribution in [2.75, 3.05) is 63.7 Å². The number of imide groups is 1. The average Bonchev–Trinajstić information content (AvgIpc) is 3.16. The topological polar surface area (TPSA) is 125 Å². The van der Waals surface area contributed by atoms with E-state index in [2.05, 4.69) is 15.5 Å². The number of hydrogen-bond acceptors (Lipinski definition) is 9. The zero-order valence-corrected chi connectivity index (χ0v) is 32.0. The Labute approximate surface area is 318 Å². The van der Waals surface area contributed by atoms with Gasteiger partial charge < -0.3 is 29.2 Å². The number of benzene rings is 2. The van der Waals surface area contributed by atoms with Gasteiger partial charge in [0, 0.05) is 94.4 Å². The third kappa shape index (κ3) is 8.77. The Morgan fingerprint density at radius 1 is 0.909 bits per heavy atom. The van der Waals surface area contributed by atoms with Crippen LogP contribution in [0.4, 0.5) is 24.5 Å². The summed E-state index contributed by atoms with van der Waals surface area (Å²) in [5.41, 5.74) is 3.68. The Hall–Kier alpha value is -5.05. The molecule has 3 aliphatic heterocycles. The second-order valence-corrected chi connectivity index (χ2v) is 14.7. The fraction of sp³-hybridized carbons (Fsp3) is 0.500. The van der Waals surface area contributed by atoms with Gasteiger partial charge in [-0.3, -0.25) is 29.4 Å². The van der Waals surface area contributed by atoms with Crippen molar-refractivity contribution in [1.29, 1.82) is 0 Å². The van der Waals surface area contributed by atoms with Crippen molar-refractivity contribution < 1.29 is 37.0 Å². The molecule has 2 aromatic carbocycles. The molecule has 1 aromatic heterocycles. The quantitative estimate of drug-likeness (QED) is 0.278. The largest absolute Gasteiger partial charge is 0.496 e. The van der Waals surface area contributed by atoms with Crippen molar-refractivity contribution in [3.8, 4) is 22.6 Å². The summed E-state index contributed by atoms with van der Waals surface area (Å²) in [5, 5.41) is 5.05. The maximum atomic E-state index is 14.2. The number of halogens is 3. The van der Waals surface area contributed by atoms with Gasteiger partial charge in [0.05, 0.1) is 25.3 Å². The molecule has 3 aliphatic rings. The van der Waals surface area contributed by atoms with Crippen LogP contribution < -0.4 is 30.6 Å². The summed E-state index contributed by atoms with van der Waals surface area (Å²) < 4.78 is 56.0. The van der Waals surface area contributed by atoms with E-state index in [-0.39, 0.29) is 41.6 Å². The number of anilines is 2. The molecule has 15 heteroatoms. The fourth-order valence-corrected chi connectivity index (χ4v) is 7.86. The Morgan fingerprint density at radius 2 is 1.56 bits per heavy atom. The van der Waals surface area contributed by atoms with E-state index in [9.17, 15) is 32.3 Å². The van der Waals surface area contributed by atoms with Crippen LogP contribution in [0.15, 0.2) is 41.3 Å². The van der Waals surface area contributed by atoms with E-state index in [1.54, 1.807) is 30.7 Å². The summed E-state index contributed by atoms with van der Waals surface area (Å²) in [7, 11) is 4.98. The lowest BCUT2D eigenvalue weighted by atomic mass is 9.92. The highest BCUT2D eigenvalue weighted by Gasteiger charge is 2.37. The summed E-state index contributed by atoms with van der Waals surface area (Å²) in [6.07, 6.45) is -0.940. The molecule has 296 valence electrons. The van der Waals surface area contributed by atoms with Gasteiger partial charge in [-0.05, 0) is 80.5 Å². The zero-order valence-electron chi connectivity index (χ0n) is 32.0. The average molecular weight is 767 g/mol. The van der Waals surface area contributed by atoms with E-state index in [4.69, 9.17) is 9.47 Å². The molecular weight excluding hydrogens is 717 g/mol. The number of ether oxygens (including phenoxy) is 2. The molecule has 4 heterocycles. The number of hydrogen-bond donors (Lipinski definition) is 2. The number of nitrogens with one attached hydrogen (secondary N) is 2. The Morgan fingerprint density at radius 3 is 2.16 bits per heavy atom. The first kappa shape index (κ1) is 39.6. The molecule has 0 saturated carbocycles. The highest BCUT2D eigenvalue weighted by Crippen LogP contribution is 2.41. The van der Waals surface area contributed by atoms with Gasteiger partial charge in [0.1, 0.15) is 17.5 Å². The van der Waals surface area contributed by atoms with E-state index < -0.39 is 29.6 Å². The van der Waals surface area contributed by atoms with Crippen LogP contribution in [0.2, 0.25) is 0 Å². The van der Waals surface area contributed by atoms with Crippen LogP contribution in [0, 0.1) is 19.8 Å². The van der Waals surface area contributed by atoms with Crippen molar-refractivity contribution in [1.82, 2.24) is 19.7 Å². The molecule has 0 aliphatic carbocycles. The highest BCUT2D eigenvalue weighted by molar-refractivity contribution is 6.01. The Bertz CT molecular complexity index is 1970. The minimum atomic E-state index is -4.62. The molecule has 0 radical (unpaired) electrons. The van der Waals surface area contributed by atoms with Crippen LogP contribution in [0.1, 0.15) is 54.4 Å². The van der Waals surface area contributed by atoms with Crippen LogP contribution in [-0.4, -0.2) is 91.6 Å². The summed E-state index contributed by atoms with van der Waals surface area (Å²) in [6, 6.07) is 7.12. The van der Waals surface area contributed by atoms with E-state index in [1.807, 2.05) is 37.1 Å². The monoisotopic (exact) mass is 766 g/mol. The van der Waals surface area contributed by atoms with Crippen LogP contribution in [0.3, 0.4) is 0 Å². The van der Waals surface area contributed by atoms with E-state index in [0.717, 1.165) is 28.3 Å². The third-order valence-electron chi connectivity index (χ3n) is 11.3. The Kier molecular flexibility index (Phi) is 11.8. The summed E-state index contributed by atoms with van der Waals surface area (Å²) in [5.74, 6) is 0.516. The molecule has 3 saturated heterocycles. The van der Waals surface area contributed by atoms with Crippen LogP contribution in [-0.2, 0) is 34.2 Å². The van der Waals surface area contributed by atoms with Gasteiger partial charge in [-0.25, -0.2) is 0 Å². The van der Waals surface area contributed by atoms with Crippen molar-refractivity contribution in [2.24, 2.45) is 13.0 Å². The van der Waals surface area contributed by atoms with Crippen LogP contribution in [0.5, 0.6) is 11.5 Å². The fourth-order valence-electron chi connectivity index (χ4n) is 7.86. The summed E-state index contributed by atoms with van der Waals surface area (Å²) in [6.45, 7) is 7.53. The number of piperidine rings is 2. The van der Waals surface area contributed by atoms with Crippen molar-refractivity contribution in [3.05, 3.63) is 69.1 Å². The number of rotatable bonds is 10. The first-order chi connectivity index (χ1) is 26.2. The van der Waals surface area contributed by atoms with Gasteiger partial charge in [-0.2, -0.15) is 13.2 Å². The Balaban J connectivity index is 1.03. The number of aryl methyl sites for hydroxylation is 1. The number of aromatic nitrogens is 1. The first-order valence-electron chi connectivity index (χ1n) is 18.7. The highest BCUT2D eigenvalue weighted by atomic mass is 19.4. The van der Waals surface area contributed by atoms with Gasteiger partial charge in [0.25, 0.3) is 5.56 Å². The van der Waals surface area contributed by atoms with E-state index in [1.165, 1.54) is 12.1 Å². The molecule has 55 heavy (non-hydrogen) atoms. The second kappa shape index (κ2) is 16.4. The molecule has 1 unspecified atom stereocenters. The lowest BCUT2D eigenvalue weighted by Crippen LogP contribution is -2.49. The SMILES string of the molecule is COc1cc(-c2cn(C)c(=O)c(C)c2C)cc(OC)c1CN1CCN(C(=O)CC2CCN(c3ccc(NC4CCC(=O)NC4=O)cc3C(F)(F)F)CC2)CC1. The summed E-state index contributed by atoms with van der Waals surface area (Å²) >= 11 is 0. The minimum Gasteiger partial charge on any atom is -0.496 e. The number of amides is 3. The van der Waals surface area contributed by atoms with Gasteiger partial charge >= 0.3 is 6.18 Å². The molecule has 1 atom stereocenters. The third-order valence-corrected chi connectivity index (χ3v) is 11.3. The van der Waals surface area contributed by atoms with Gasteiger partial charge in [0.2, 0.25) is 17.7 Å². The standard InChI is InChI=1S/C40H49F3N6O6/c1-24-25(2)39(53)46(3)22-29(24)27-19-34(54-4)30(35(20-27)55-5)23-47-14-16-49(17-15-47)37(51)18-26-10-12-48(13-11-26)33-8-6-28(21-31(33)40(41,42)43)44-32-7-9-36(50)45-38(32)52/h6,8,19-22,26,32,44H,7,9-18,23H2,1-5H3,(H,45,50,52). The number of methoxy groups -OCH3 is 2. The van der Waals surface area contributed by atoms with Crippen LogP contribution >= 0.6 is 0 Å². The minimum absolute atomic E-state index is 0.0370. The number of nitrogens with zero attached hydrogens (tertiary/aromatic N) is 4. The van der Waals surface area contributed by atoms with E-state index in [0.29, 0.717) is 82.1 Å². The number of piperazine rings is 1. The van der Waals surface area contributed by atoms with Crippen molar-refractivity contribution in [2.45, 2.75) is 64.7 Å². The molecule has 3 aromatic rings. The first-order valence-corrected chi connectivity index (χ1v) is 18.7. The predicted octanol–water partition coefficient (Wildman–Crippen LogP) is 4.87.